The van der Waals surface area contributed by atoms with Crippen LogP contribution < -0.4 is 0 Å². The second-order valence-corrected chi connectivity index (χ2v) is 2.56. The van der Waals surface area contributed by atoms with Crippen molar-refractivity contribution >= 4 is 0 Å². The predicted octanol–water partition coefficient (Wildman–Crippen LogP) is 1.53. The highest BCUT2D eigenvalue weighted by Gasteiger charge is 2.01. The molecule has 0 bridgehead atoms. The Bertz CT molecular complexity index is 59.9. The molecule has 0 saturated heterocycles. The molecule has 0 aromatic rings. The topological polar surface area (TPSA) is 12.5 Å². The van der Waals surface area contributed by atoms with Gasteiger partial charge in [0.05, 0.1) is 7.11 Å². The lowest BCUT2D eigenvalue weighted by atomic mass is 10.2. The van der Waals surface area contributed by atoms with Crippen LogP contribution in [0.2, 0.25) is 0 Å². The number of nitrogens with zero attached hydrogens (tertiary/aromatic N) is 1. The van der Waals surface area contributed by atoms with Crippen LogP contribution in [0.4, 0.5) is 0 Å². The number of hydroxylamine groups is 2. The van der Waals surface area contributed by atoms with Crippen LogP contribution in [0.5, 0.6) is 0 Å². The molecule has 0 spiro atoms. The molecular weight excluding hydrogens is 114 g/mol. The van der Waals surface area contributed by atoms with Gasteiger partial charge in [0.2, 0.25) is 0 Å². The molecule has 0 rings (SSSR count). The Kier molecular flexibility index (Phi) is 4.72. The molecule has 2 nitrogen and oxygen atoms in total. The van der Waals surface area contributed by atoms with Crippen LogP contribution in [0, 0.1) is 5.92 Å². The van der Waals surface area contributed by atoms with E-state index in [0.717, 1.165) is 13.1 Å². The lowest BCUT2D eigenvalue weighted by Gasteiger charge is -2.18. The van der Waals surface area contributed by atoms with Gasteiger partial charge in [-0.05, 0) is 5.92 Å². The van der Waals surface area contributed by atoms with Gasteiger partial charge in [-0.25, -0.2) is 0 Å². The highest BCUT2D eigenvalue weighted by molar-refractivity contribution is 4.46. The molecule has 2 heteroatoms. The molecule has 9 heavy (non-hydrogen) atoms. The maximum Gasteiger partial charge on any atom is 0.0575 e. The lowest BCUT2D eigenvalue weighted by molar-refractivity contribution is -0.133. The number of hydrogen-bond donors (Lipinski definition) is 0. The summed E-state index contributed by atoms with van der Waals surface area (Å²) in [5.74, 6) is 0.685. The lowest BCUT2D eigenvalue weighted by Crippen LogP contribution is -2.26. The van der Waals surface area contributed by atoms with Crippen LogP contribution in [0.25, 0.3) is 0 Å². The van der Waals surface area contributed by atoms with Crippen molar-refractivity contribution in [3.05, 3.63) is 0 Å². The molecule has 0 amide bonds. The summed E-state index contributed by atoms with van der Waals surface area (Å²) >= 11 is 0. The Labute approximate surface area is 57.8 Å². The second-order valence-electron chi connectivity index (χ2n) is 2.56. The van der Waals surface area contributed by atoms with Gasteiger partial charge < -0.3 is 4.84 Å². The zero-order valence-corrected chi connectivity index (χ0v) is 6.85. The minimum atomic E-state index is 0.685. The summed E-state index contributed by atoms with van der Waals surface area (Å²) < 4.78 is 0. The largest absolute Gasteiger partial charge is 0.302 e. The molecule has 0 unspecified atom stereocenters. The Morgan fingerprint density at radius 3 is 2.11 bits per heavy atom. The first-order valence-electron chi connectivity index (χ1n) is 3.49. The molecule has 0 radical (unpaired) electrons. The first-order chi connectivity index (χ1) is 4.20. The molecule has 0 aliphatic rings. The zero-order chi connectivity index (χ0) is 7.28. The van der Waals surface area contributed by atoms with E-state index >= 15 is 0 Å². The molecule has 0 aromatic carbocycles. The van der Waals surface area contributed by atoms with Crippen molar-refractivity contribution < 1.29 is 4.84 Å². The van der Waals surface area contributed by atoms with Crippen LogP contribution in [0.15, 0.2) is 0 Å². The average Bonchev–Trinajstić information content (AvgIpc) is 1.82. The van der Waals surface area contributed by atoms with Gasteiger partial charge in [-0.2, -0.15) is 5.06 Å². The summed E-state index contributed by atoms with van der Waals surface area (Å²) in [7, 11) is 1.71. The fourth-order valence-corrected chi connectivity index (χ4v) is 0.740. The zero-order valence-electron chi connectivity index (χ0n) is 6.85. The molecule has 0 heterocycles. The summed E-state index contributed by atoms with van der Waals surface area (Å²) in [6.07, 6.45) is 0. The van der Waals surface area contributed by atoms with E-state index in [-0.39, 0.29) is 0 Å². The Balaban J connectivity index is 3.31. The fraction of sp³-hybridized carbons (Fsp3) is 1.00. The van der Waals surface area contributed by atoms with Gasteiger partial charge >= 0.3 is 0 Å². The molecule has 0 N–H and O–H groups in total. The van der Waals surface area contributed by atoms with Gasteiger partial charge in [-0.15, -0.1) is 0 Å². The highest BCUT2D eigenvalue weighted by atomic mass is 16.7. The third kappa shape index (κ3) is 4.43. The van der Waals surface area contributed by atoms with Crippen molar-refractivity contribution in [2.75, 3.05) is 20.2 Å². The minimum absolute atomic E-state index is 0.685. The summed E-state index contributed by atoms with van der Waals surface area (Å²) in [4.78, 5) is 5.04. The van der Waals surface area contributed by atoms with Gasteiger partial charge in [-0.3, -0.25) is 0 Å². The standard InChI is InChI=1S/C7H17NO/c1-5-8(9-4)6-7(2)3/h7H,5-6H2,1-4H3. The molecule has 56 valence electrons. The number of rotatable bonds is 4. The third-order valence-corrected chi connectivity index (χ3v) is 1.18. The minimum Gasteiger partial charge on any atom is -0.302 e. The van der Waals surface area contributed by atoms with E-state index in [0.29, 0.717) is 5.92 Å². The van der Waals surface area contributed by atoms with Crippen LogP contribution in [-0.2, 0) is 4.84 Å². The average molecular weight is 131 g/mol. The van der Waals surface area contributed by atoms with E-state index in [9.17, 15) is 0 Å². The van der Waals surface area contributed by atoms with Crippen molar-refractivity contribution in [3.8, 4) is 0 Å². The van der Waals surface area contributed by atoms with E-state index in [1.54, 1.807) is 7.11 Å². The van der Waals surface area contributed by atoms with E-state index in [1.165, 1.54) is 0 Å². The summed E-state index contributed by atoms with van der Waals surface area (Å²) in [5, 5.41) is 1.95. The maximum absolute atomic E-state index is 5.04. The molecule has 0 aliphatic carbocycles. The predicted molar refractivity (Wildman–Crippen MR) is 39.1 cm³/mol. The van der Waals surface area contributed by atoms with E-state index in [2.05, 4.69) is 20.8 Å². The molecule has 0 saturated carbocycles. The summed E-state index contributed by atoms with van der Waals surface area (Å²) in [6, 6.07) is 0. The van der Waals surface area contributed by atoms with E-state index < -0.39 is 0 Å². The SMILES string of the molecule is CCN(CC(C)C)OC. The first-order valence-corrected chi connectivity index (χ1v) is 3.49. The first kappa shape index (κ1) is 8.92. The molecular formula is C7H17NO. The Morgan fingerprint density at radius 1 is 1.44 bits per heavy atom. The normalized spacial score (nSPS) is 11.3. The molecule has 0 aromatic heterocycles. The Hall–Kier alpha value is -0.0800. The van der Waals surface area contributed by atoms with E-state index in [1.807, 2.05) is 5.06 Å². The maximum atomic E-state index is 5.04. The van der Waals surface area contributed by atoms with Gasteiger partial charge in [0.15, 0.2) is 0 Å². The second kappa shape index (κ2) is 4.77. The quantitative estimate of drug-likeness (QED) is 0.536. The fourth-order valence-electron chi connectivity index (χ4n) is 0.740. The van der Waals surface area contributed by atoms with Gasteiger partial charge in [0.1, 0.15) is 0 Å². The van der Waals surface area contributed by atoms with Crippen molar-refractivity contribution in [3.63, 3.8) is 0 Å². The molecule has 0 fully saturated rings. The monoisotopic (exact) mass is 131 g/mol. The van der Waals surface area contributed by atoms with E-state index in [4.69, 9.17) is 4.84 Å². The van der Waals surface area contributed by atoms with Crippen molar-refractivity contribution in [1.29, 1.82) is 0 Å². The van der Waals surface area contributed by atoms with Crippen LogP contribution in [0.1, 0.15) is 20.8 Å². The van der Waals surface area contributed by atoms with Gasteiger partial charge in [-0.1, -0.05) is 20.8 Å². The van der Waals surface area contributed by atoms with Crippen LogP contribution >= 0.6 is 0 Å². The summed E-state index contributed by atoms with van der Waals surface area (Å²) in [5.41, 5.74) is 0. The van der Waals surface area contributed by atoms with Gasteiger partial charge in [0, 0.05) is 13.1 Å². The van der Waals surface area contributed by atoms with Crippen molar-refractivity contribution in [2.24, 2.45) is 5.92 Å². The molecule has 0 aliphatic heterocycles. The Morgan fingerprint density at radius 2 is 2.00 bits per heavy atom. The molecule has 0 atom stereocenters. The summed E-state index contributed by atoms with van der Waals surface area (Å²) in [6.45, 7) is 8.44. The third-order valence-electron chi connectivity index (χ3n) is 1.18. The highest BCUT2D eigenvalue weighted by Crippen LogP contribution is 1.96. The van der Waals surface area contributed by atoms with Gasteiger partial charge in [0.25, 0.3) is 0 Å². The van der Waals surface area contributed by atoms with Crippen molar-refractivity contribution in [1.82, 2.24) is 5.06 Å². The van der Waals surface area contributed by atoms with Crippen LogP contribution in [0.3, 0.4) is 0 Å². The van der Waals surface area contributed by atoms with Crippen molar-refractivity contribution in [2.45, 2.75) is 20.8 Å². The smallest absolute Gasteiger partial charge is 0.0575 e. The van der Waals surface area contributed by atoms with Crippen LogP contribution in [-0.4, -0.2) is 25.3 Å². The number of hydrogen-bond acceptors (Lipinski definition) is 2.